The van der Waals surface area contributed by atoms with Crippen molar-refractivity contribution in [3.8, 4) is 0 Å². The van der Waals surface area contributed by atoms with Gasteiger partial charge in [-0.25, -0.2) is 10.2 Å². The van der Waals surface area contributed by atoms with E-state index in [1.165, 1.54) is 0 Å². The van der Waals surface area contributed by atoms with Crippen molar-refractivity contribution in [2.24, 2.45) is 0 Å². The van der Waals surface area contributed by atoms with Crippen LogP contribution in [0.2, 0.25) is 0 Å². The molecule has 0 aliphatic rings. The quantitative estimate of drug-likeness (QED) is 0.801. The van der Waals surface area contributed by atoms with Crippen molar-refractivity contribution in [3.05, 3.63) is 22.4 Å². The monoisotopic (exact) mass is 242 g/mol. The largest absolute Gasteiger partial charge is 0.443 e. The normalized spacial score (nSPS) is 13.2. The number of amides is 1. The summed E-state index contributed by atoms with van der Waals surface area (Å²) in [6, 6.07) is 4.07. The highest BCUT2D eigenvalue weighted by molar-refractivity contribution is 7.10. The topological polar surface area (TPSA) is 50.4 Å². The second-order valence-electron chi connectivity index (χ2n) is 4.51. The van der Waals surface area contributed by atoms with Gasteiger partial charge in [-0.15, -0.1) is 11.3 Å². The zero-order chi connectivity index (χ0) is 12.2. The van der Waals surface area contributed by atoms with Gasteiger partial charge in [0, 0.05) is 4.88 Å². The van der Waals surface area contributed by atoms with Crippen molar-refractivity contribution in [2.75, 3.05) is 0 Å². The predicted octanol–water partition coefficient (Wildman–Crippen LogP) is 2.84. The van der Waals surface area contributed by atoms with Crippen molar-refractivity contribution in [1.29, 1.82) is 0 Å². The Morgan fingerprint density at radius 3 is 2.69 bits per heavy atom. The average molecular weight is 242 g/mol. The predicted molar refractivity (Wildman–Crippen MR) is 65.2 cm³/mol. The minimum Gasteiger partial charge on any atom is -0.443 e. The van der Waals surface area contributed by atoms with Gasteiger partial charge < -0.3 is 4.74 Å². The summed E-state index contributed by atoms with van der Waals surface area (Å²) in [4.78, 5) is 12.5. The van der Waals surface area contributed by atoms with Crippen LogP contribution in [0.15, 0.2) is 17.5 Å². The molecule has 0 radical (unpaired) electrons. The fourth-order valence-corrected chi connectivity index (χ4v) is 1.81. The maximum absolute atomic E-state index is 11.3. The summed E-state index contributed by atoms with van der Waals surface area (Å²) in [6.07, 6.45) is -0.462. The van der Waals surface area contributed by atoms with Crippen LogP contribution in [0.1, 0.15) is 38.6 Å². The zero-order valence-electron chi connectivity index (χ0n) is 10.0. The molecular formula is C11H18N2O2S. The lowest BCUT2D eigenvalue weighted by Crippen LogP contribution is -2.42. The first-order chi connectivity index (χ1) is 7.38. The van der Waals surface area contributed by atoms with Gasteiger partial charge in [-0.2, -0.15) is 0 Å². The summed E-state index contributed by atoms with van der Waals surface area (Å²) in [5, 5.41) is 2.00. The lowest BCUT2D eigenvalue weighted by atomic mass is 10.2. The third kappa shape index (κ3) is 4.63. The third-order valence-corrected chi connectivity index (χ3v) is 2.81. The minimum atomic E-state index is -0.474. The molecule has 0 aliphatic heterocycles. The summed E-state index contributed by atoms with van der Waals surface area (Å²) in [6.45, 7) is 7.46. The van der Waals surface area contributed by atoms with Crippen molar-refractivity contribution < 1.29 is 9.53 Å². The fraction of sp³-hybridized carbons (Fsp3) is 0.545. The summed E-state index contributed by atoms with van der Waals surface area (Å²) in [5.41, 5.74) is 4.94. The summed E-state index contributed by atoms with van der Waals surface area (Å²) in [5.74, 6) is 0. The highest BCUT2D eigenvalue weighted by Crippen LogP contribution is 2.17. The molecule has 1 heterocycles. The molecule has 1 rings (SSSR count). The first-order valence-corrected chi connectivity index (χ1v) is 6.04. The molecule has 0 aromatic carbocycles. The number of hydrazine groups is 1. The lowest BCUT2D eigenvalue weighted by molar-refractivity contribution is 0.0490. The van der Waals surface area contributed by atoms with Crippen LogP contribution in [0.3, 0.4) is 0 Å². The number of ether oxygens (including phenoxy) is 1. The van der Waals surface area contributed by atoms with Gasteiger partial charge in [0.05, 0.1) is 6.04 Å². The molecule has 90 valence electrons. The van der Waals surface area contributed by atoms with Gasteiger partial charge in [-0.05, 0) is 39.1 Å². The molecule has 0 fully saturated rings. The number of hydrogen-bond acceptors (Lipinski definition) is 4. The first kappa shape index (κ1) is 13.0. The molecule has 0 saturated heterocycles. The zero-order valence-corrected chi connectivity index (χ0v) is 10.9. The van der Waals surface area contributed by atoms with Gasteiger partial charge in [0.15, 0.2) is 0 Å². The maximum Gasteiger partial charge on any atom is 0.422 e. The molecule has 16 heavy (non-hydrogen) atoms. The van der Waals surface area contributed by atoms with E-state index in [1.54, 1.807) is 11.3 Å². The number of carbonyl (C=O) groups excluding carboxylic acids is 1. The third-order valence-electron chi connectivity index (χ3n) is 1.76. The molecule has 0 spiro atoms. The lowest BCUT2D eigenvalue weighted by Gasteiger charge is -2.21. The van der Waals surface area contributed by atoms with Crippen molar-refractivity contribution in [2.45, 2.75) is 39.3 Å². The van der Waals surface area contributed by atoms with Gasteiger partial charge in [0.2, 0.25) is 0 Å². The molecule has 1 atom stereocenters. The Morgan fingerprint density at radius 2 is 2.19 bits per heavy atom. The molecule has 1 amide bonds. The van der Waals surface area contributed by atoms with E-state index in [0.29, 0.717) is 0 Å². The standard InChI is InChI=1S/C11H18N2O2S/c1-8(9-6-5-7-16-9)12-13-10(14)15-11(2,3)4/h5-8,12H,1-4H3,(H,13,14). The van der Waals surface area contributed by atoms with E-state index in [9.17, 15) is 4.79 Å². The average Bonchev–Trinajstić information content (AvgIpc) is 2.64. The summed E-state index contributed by atoms with van der Waals surface area (Å²) < 4.78 is 5.10. The van der Waals surface area contributed by atoms with E-state index in [-0.39, 0.29) is 6.04 Å². The number of nitrogens with one attached hydrogen (secondary N) is 2. The van der Waals surface area contributed by atoms with E-state index in [4.69, 9.17) is 4.74 Å². The van der Waals surface area contributed by atoms with Crippen LogP contribution in [-0.2, 0) is 4.74 Å². The number of rotatable bonds is 3. The highest BCUT2D eigenvalue weighted by Gasteiger charge is 2.16. The molecular weight excluding hydrogens is 224 g/mol. The summed E-state index contributed by atoms with van der Waals surface area (Å²) in [7, 11) is 0. The number of thiophene rings is 1. The van der Waals surface area contributed by atoms with Gasteiger partial charge in [-0.3, -0.25) is 5.43 Å². The Kier molecular flexibility index (Phi) is 4.32. The molecule has 0 bridgehead atoms. The van der Waals surface area contributed by atoms with Crippen LogP contribution in [0, 0.1) is 0 Å². The molecule has 2 N–H and O–H groups in total. The molecule has 4 nitrogen and oxygen atoms in total. The van der Waals surface area contributed by atoms with E-state index >= 15 is 0 Å². The SMILES string of the molecule is CC(NNC(=O)OC(C)(C)C)c1cccs1. The molecule has 1 unspecified atom stereocenters. The van der Waals surface area contributed by atoms with Crippen LogP contribution in [0.5, 0.6) is 0 Å². The van der Waals surface area contributed by atoms with E-state index in [1.807, 2.05) is 45.2 Å². The van der Waals surface area contributed by atoms with Crippen LogP contribution in [-0.4, -0.2) is 11.7 Å². The second kappa shape index (κ2) is 5.32. The molecule has 5 heteroatoms. The number of carbonyl (C=O) groups is 1. The second-order valence-corrected chi connectivity index (χ2v) is 5.49. The number of hydrogen-bond donors (Lipinski definition) is 2. The fourth-order valence-electron chi connectivity index (χ4n) is 1.08. The molecule has 1 aromatic rings. The van der Waals surface area contributed by atoms with E-state index in [0.717, 1.165) is 4.88 Å². The Balaban J connectivity index is 2.32. The van der Waals surface area contributed by atoms with Gasteiger partial charge in [0.1, 0.15) is 5.60 Å². The van der Waals surface area contributed by atoms with Gasteiger partial charge in [-0.1, -0.05) is 6.07 Å². The molecule has 0 aliphatic carbocycles. The maximum atomic E-state index is 11.3. The van der Waals surface area contributed by atoms with Crippen molar-refractivity contribution >= 4 is 17.4 Å². The smallest absolute Gasteiger partial charge is 0.422 e. The van der Waals surface area contributed by atoms with E-state index in [2.05, 4.69) is 10.9 Å². The molecule has 1 aromatic heterocycles. The van der Waals surface area contributed by atoms with Crippen LogP contribution >= 0.6 is 11.3 Å². The Bertz CT molecular complexity index is 330. The minimum absolute atomic E-state index is 0.0764. The van der Waals surface area contributed by atoms with Crippen molar-refractivity contribution in [1.82, 2.24) is 10.9 Å². The highest BCUT2D eigenvalue weighted by atomic mass is 32.1. The summed E-state index contributed by atoms with van der Waals surface area (Å²) >= 11 is 1.64. The van der Waals surface area contributed by atoms with Crippen LogP contribution < -0.4 is 10.9 Å². The van der Waals surface area contributed by atoms with Gasteiger partial charge in [0.25, 0.3) is 0 Å². The van der Waals surface area contributed by atoms with Crippen LogP contribution in [0.25, 0.3) is 0 Å². The molecule has 0 saturated carbocycles. The van der Waals surface area contributed by atoms with Gasteiger partial charge >= 0.3 is 6.09 Å². The van der Waals surface area contributed by atoms with Crippen molar-refractivity contribution in [3.63, 3.8) is 0 Å². The Labute approximate surface area is 100.0 Å². The van der Waals surface area contributed by atoms with E-state index < -0.39 is 11.7 Å². The Morgan fingerprint density at radius 1 is 1.50 bits per heavy atom. The Hall–Kier alpha value is -1.07. The first-order valence-electron chi connectivity index (χ1n) is 5.16. The van der Waals surface area contributed by atoms with Crippen LogP contribution in [0.4, 0.5) is 4.79 Å².